The maximum Gasteiger partial charge on any atom is 0.289 e. The minimum Gasteiger partial charge on any atom is -0.320 e. The Morgan fingerprint density at radius 2 is 2.05 bits per heavy atom. The molecule has 0 bridgehead atoms. The van der Waals surface area contributed by atoms with E-state index in [9.17, 15) is 13.6 Å². The number of rotatable bonds is 4. The van der Waals surface area contributed by atoms with Crippen LogP contribution >= 0.6 is 35.0 Å². The molecule has 1 aromatic heterocycles. The van der Waals surface area contributed by atoms with E-state index in [4.69, 9.17) is 23.2 Å². The Morgan fingerprint density at radius 3 is 2.71 bits per heavy atom. The number of nitrogens with one attached hydrogen (secondary N) is 1. The van der Waals surface area contributed by atoms with Crippen LogP contribution in [0, 0.1) is 0 Å². The highest BCUT2D eigenvalue weighted by Gasteiger charge is 2.16. The number of alkyl halides is 2. The van der Waals surface area contributed by atoms with Crippen LogP contribution < -0.4 is 5.32 Å². The molecule has 1 amide bonds. The summed E-state index contributed by atoms with van der Waals surface area (Å²) in [6.45, 7) is 0. The summed E-state index contributed by atoms with van der Waals surface area (Å²) < 4.78 is 25.1. The largest absolute Gasteiger partial charge is 0.320 e. The smallest absolute Gasteiger partial charge is 0.289 e. The molecule has 0 spiro atoms. The van der Waals surface area contributed by atoms with Gasteiger partial charge in [-0.3, -0.25) is 9.78 Å². The summed E-state index contributed by atoms with van der Waals surface area (Å²) in [5.74, 6) is -3.21. The molecule has 1 aromatic carbocycles. The Labute approximate surface area is 133 Å². The minimum absolute atomic E-state index is 0.0791. The Morgan fingerprint density at radius 1 is 1.29 bits per heavy atom. The average molecular weight is 349 g/mol. The van der Waals surface area contributed by atoms with Crippen LogP contribution in [0.25, 0.3) is 0 Å². The van der Waals surface area contributed by atoms with E-state index in [2.05, 4.69) is 10.3 Å². The molecule has 1 N–H and O–H groups in total. The van der Waals surface area contributed by atoms with Crippen LogP contribution in [0.3, 0.4) is 0 Å². The van der Waals surface area contributed by atoms with Gasteiger partial charge in [-0.15, -0.1) is 0 Å². The first-order valence-corrected chi connectivity index (χ1v) is 7.27. The van der Waals surface area contributed by atoms with E-state index in [0.29, 0.717) is 5.02 Å². The molecule has 0 radical (unpaired) electrons. The topological polar surface area (TPSA) is 42.0 Å². The van der Waals surface area contributed by atoms with Gasteiger partial charge in [0.15, 0.2) is 0 Å². The van der Waals surface area contributed by atoms with Crippen LogP contribution in [0.5, 0.6) is 0 Å². The second kappa shape index (κ2) is 7.06. The summed E-state index contributed by atoms with van der Waals surface area (Å²) in [6, 6.07) is 7.41. The van der Waals surface area contributed by atoms with Crippen molar-refractivity contribution in [2.24, 2.45) is 0 Å². The third kappa shape index (κ3) is 4.30. The summed E-state index contributed by atoms with van der Waals surface area (Å²) in [4.78, 5) is 16.0. The van der Waals surface area contributed by atoms with Gasteiger partial charge in [0.25, 0.3) is 11.7 Å². The maximum absolute atomic E-state index is 12.6. The standard InChI is InChI=1S/C13H8Cl2F2N2OS/c14-7-4-5-18-10(6-7)12(20)19-9-3-1-2-8(15)11(9)21-13(16)17/h1-6,13H,(H,19,20). The van der Waals surface area contributed by atoms with Gasteiger partial charge in [0, 0.05) is 11.2 Å². The molecule has 0 saturated carbocycles. The molecular weight excluding hydrogens is 341 g/mol. The Hall–Kier alpha value is -1.37. The predicted octanol–water partition coefficient (Wildman–Crippen LogP) is 4.96. The van der Waals surface area contributed by atoms with Crippen molar-refractivity contribution in [2.75, 3.05) is 5.32 Å². The number of nitrogens with zero attached hydrogens (tertiary/aromatic N) is 1. The van der Waals surface area contributed by atoms with Gasteiger partial charge < -0.3 is 5.32 Å². The molecule has 0 saturated heterocycles. The second-order valence-corrected chi connectivity index (χ2v) is 5.65. The van der Waals surface area contributed by atoms with Crippen LogP contribution in [-0.2, 0) is 0 Å². The van der Waals surface area contributed by atoms with Crippen molar-refractivity contribution in [1.82, 2.24) is 4.98 Å². The van der Waals surface area contributed by atoms with Gasteiger partial charge in [0.05, 0.1) is 15.6 Å². The summed E-state index contributed by atoms with van der Waals surface area (Å²) in [6.07, 6.45) is 1.38. The highest BCUT2D eigenvalue weighted by atomic mass is 35.5. The summed E-state index contributed by atoms with van der Waals surface area (Å²) in [5, 5.41) is 2.99. The number of amides is 1. The molecule has 2 aromatic rings. The van der Waals surface area contributed by atoms with Crippen molar-refractivity contribution >= 4 is 46.6 Å². The summed E-state index contributed by atoms with van der Waals surface area (Å²) in [5.41, 5.74) is 0.273. The SMILES string of the molecule is O=C(Nc1cccc(Cl)c1SC(F)F)c1cc(Cl)ccn1. The van der Waals surface area contributed by atoms with Crippen LogP contribution in [0.2, 0.25) is 10.0 Å². The number of carbonyl (C=O) groups is 1. The van der Waals surface area contributed by atoms with E-state index >= 15 is 0 Å². The number of pyridine rings is 1. The van der Waals surface area contributed by atoms with E-state index in [1.807, 2.05) is 0 Å². The molecule has 0 fully saturated rings. The number of hydrogen-bond donors (Lipinski definition) is 1. The van der Waals surface area contributed by atoms with Crippen LogP contribution in [-0.4, -0.2) is 16.6 Å². The number of thioether (sulfide) groups is 1. The zero-order valence-corrected chi connectivity index (χ0v) is 12.6. The van der Waals surface area contributed by atoms with Gasteiger partial charge in [-0.2, -0.15) is 8.78 Å². The van der Waals surface area contributed by atoms with Crippen molar-refractivity contribution < 1.29 is 13.6 Å². The Bertz CT molecular complexity index is 670. The lowest BCUT2D eigenvalue weighted by Gasteiger charge is -2.11. The normalized spacial score (nSPS) is 10.7. The zero-order chi connectivity index (χ0) is 15.4. The highest BCUT2D eigenvalue weighted by Crippen LogP contribution is 2.37. The molecule has 2 rings (SSSR count). The lowest BCUT2D eigenvalue weighted by atomic mass is 10.3. The van der Waals surface area contributed by atoms with Gasteiger partial charge in [-0.25, -0.2) is 0 Å². The van der Waals surface area contributed by atoms with Crippen molar-refractivity contribution in [3.05, 3.63) is 52.3 Å². The van der Waals surface area contributed by atoms with Crippen molar-refractivity contribution in [2.45, 2.75) is 10.7 Å². The maximum atomic E-state index is 12.6. The molecule has 1 heterocycles. The van der Waals surface area contributed by atoms with E-state index in [1.165, 1.54) is 30.5 Å². The fourth-order valence-electron chi connectivity index (χ4n) is 1.53. The number of halogens is 4. The van der Waals surface area contributed by atoms with Crippen molar-refractivity contribution in [1.29, 1.82) is 0 Å². The summed E-state index contributed by atoms with van der Waals surface area (Å²) in [7, 11) is 0. The van der Waals surface area contributed by atoms with Gasteiger partial charge >= 0.3 is 0 Å². The molecule has 0 aliphatic heterocycles. The molecular formula is C13H8Cl2F2N2OS. The van der Waals surface area contributed by atoms with Crippen LogP contribution in [0.4, 0.5) is 14.5 Å². The number of aromatic nitrogens is 1. The fraction of sp³-hybridized carbons (Fsp3) is 0.0769. The number of anilines is 1. The Balaban J connectivity index is 2.27. The quantitative estimate of drug-likeness (QED) is 0.794. The second-order valence-electron chi connectivity index (χ2n) is 3.81. The first kappa shape index (κ1) is 16.0. The van der Waals surface area contributed by atoms with Crippen LogP contribution in [0.15, 0.2) is 41.4 Å². The molecule has 0 atom stereocenters. The van der Waals surface area contributed by atoms with E-state index in [0.717, 1.165) is 0 Å². The lowest BCUT2D eigenvalue weighted by molar-refractivity contribution is 0.102. The van der Waals surface area contributed by atoms with E-state index in [1.54, 1.807) is 6.07 Å². The van der Waals surface area contributed by atoms with Gasteiger partial charge in [-0.05, 0) is 24.3 Å². The van der Waals surface area contributed by atoms with Crippen molar-refractivity contribution in [3.63, 3.8) is 0 Å². The molecule has 110 valence electrons. The zero-order valence-electron chi connectivity index (χ0n) is 10.3. The van der Waals surface area contributed by atoms with Gasteiger partial charge in [0.2, 0.25) is 0 Å². The monoisotopic (exact) mass is 348 g/mol. The molecule has 0 aliphatic carbocycles. The average Bonchev–Trinajstić information content (AvgIpc) is 2.42. The number of carbonyl (C=O) groups excluding carboxylic acids is 1. The lowest BCUT2D eigenvalue weighted by Crippen LogP contribution is -2.14. The number of benzene rings is 1. The molecule has 0 aliphatic rings. The summed E-state index contributed by atoms with van der Waals surface area (Å²) >= 11 is 11.9. The number of hydrogen-bond acceptors (Lipinski definition) is 3. The molecule has 0 unspecified atom stereocenters. The first-order chi connectivity index (χ1) is 9.97. The Kier molecular flexibility index (Phi) is 5.39. The highest BCUT2D eigenvalue weighted by molar-refractivity contribution is 7.99. The van der Waals surface area contributed by atoms with E-state index < -0.39 is 11.7 Å². The predicted molar refractivity (Wildman–Crippen MR) is 80.5 cm³/mol. The van der Waals surface area contributed by atoms with E-state index in [-0.39, 0.29) is 33.1 Å². The van der Waals surface area contributed by atoms with Gasteiger partial charge in [0.1, 0.15) is 5.69 Å². The molecule has 3 nitrogen and oxygen atoms in total. The third-order valence-corrected chi connectivity index (χ3v) is 3.89. The van der Waals surface area contributed by atoms with Gasteiger partial charge in [-0.1, -0.05) is 41.0 Å². The van der Waals surface area contributed by atoms with Crippen molar-refractivity contribution in [3.8, 4) is 0 Å². The third-order valence-electron chi connectivity index (χ3n) is 2.38. The van der Waals surface area contributed by atoms with Crippen LogP contribution in [0.1, 0.15) is 10.5 Å². The minimum atomic E-state index is -2.65. The molecule has 21 heavy (non-hydrogen) atoms. The fourth-order valence-corrected chi connectivity index (χ4v) is 2.60. The first-order valence-electron chi connectivity index (χ1n) is 5.63. The molecule has 8 heteroatoms.